The zero-order chi connectivity index (χ0) is 20.8. The number of aromatic nitrogens is 1. The van der Waals surface area contributed by atoms with Crippen LogP contribution in [0.4, 0.5) is 0 Å². The topological polar surface area (TPSA) is 36.4 Å². The molecule has 2 heterocycles. The van der Waals surface area contributed by atoms with Gasteiger partial charge in [-0.25, -0.2) is 0 Å². The van der Waals surface area contributed by atoms with E-state index in [0.717, 1.165) is 31.7 Å². The molecule has 2 aromatic carbocycles. The maximum atomic E-state index is 13.2. The molecule has 1 amide bonds. The van der Waals surface area contributed by atoms with Crippen molar-refractivity contribution in [3.8, 4) is 0 Å². The van der Waals surface area contributed by atoms with Crippen LogP contribution in [-0.2, 0) is 11.3 Å². The summed E-state index contributed by atoms with van der Waals surface area (Å²) in [5, 5.41) is 0. The highest BCUT2D eigenvalue weighted by atomic mass is 16.2. The molecule has 30 heavy (non-hydrogen) atoms. The SMILES string of the molecule is CN(C(=O)CC(c1ccccc1)c1ccccc1)[C@@H]1CCN(Cc2ccccn2)C1. The van der Waals surface area contributed by atoms with Gasteiger partial charge in [0, 0.05) is 51.3 Å². The van der Waals surface area contributed by atoms with E-state index < -0.39 is 0 Å². The Balaban J connectivity index is 1.41. The first-order valence-electron chi connectivity index (χ1n) is 10.7. The smallest absolute Gasteiger partial charge is 0.223 e. The Morgan fingerprint density at radius 2 is 1.63 bits per heavy atom. The van der Waals surface area contributed by atoms with Gasteiger partial charge in [0.2, 0.25) is 5.91 Å². The highest BCUT2D eigenvalue weighted by Crippen LogP contribution is 2.29. The van der Waals surface area contributed by atoms with Crippen LogP contribution in [0.3, 0.4) is 0 Å². The molecule has 0 aliphatic carbocycles. The van der Waals surface area contributed by atoms with Crippen molar-refractivity contribution in [1.82, 2.24) is 14.8 Å². The molecule has 1 saturated heterocycles. The highest BCUT2D eigenvalue weighted by Gasteiger charge is 2.30. The van der Waals surface area contributed by atoms with Crippen LogP contribution in [0.2, 0.25) is 0 Å². The number of rotatable bonds is 7. The van der Waals surface area contributed by atoms with Crippen molar-refractivity contribution in [3.63, 3.8) is 0 Å². The lowest BCUT2D eigenvalue weighted by Crippen LogP contribution is -2.39. The fraction of sp³-hybridized carbons (Fsp3) is 0.308. The number of likely N-dealkylation sites (N-methyl/N-ethyl adjacent to an activating group) is 1. The number of carbonyl (C=O) groups excluding carboxylic acids is 1. The number of hydrogen-bond acceptors (Lipinski definition) is 3. The van der Waals surface area contributed by atoms with Gasteiger partial charge in [0.05, 0.1) is 5.69 Å². The quantitative estimate of drug-likeness (QED) is 0.593. The second kappa shape index (κ2) is 9.68. The van der Waals surface area contributed by atoms with Crippen LogP contribution in [-0.4, -0.2) is 46.9 Å². The van der Waals surface area contributed by atoms with Crippen LogP contribution < -0.4 is 0 Å². The van der Waals surface area contributed by atoms with Gasteiger partial charge < -0.3 is 4.90 Å². The van der Waals surface area contributed by atoms with E-state index >= 15 is 0 Å². The van der Waals surface area contributed by atoms with Gasteiger partial charge in [-0.05, 0) is 29.7 Å². The molecule has 0 unspecified atom stereocenters. The molecule has 0 bridgehead atoms. The summed E-state index contributed by atoms with van der Waals surface area (Å²) in [6.07, 6.45) is 3.34. The number of hydrogen-bond donors (Lipinski definition) is 0. The lowest BCUT2D eigenvalue weighted by Gasteiger charge is -2.27. The molecule has 0 spiro atoms. The number of likely N-dealkylation sites (tertiary alicyclic amines) is 1. The fourth-order valence-electron chi connectivity index (χ4n) is 4.31. The number of amides is 1. The standard InChI is InChI=1S/C26H29N3O/c1-28(24-15-17-29(20-24)19-23-14-8-9-16-27-23)26(30)18-25(21-10-4-2-5-11-21)22-12-6-3-7-13-22/h2-14,16,24-25H,15,17-20H2,1H3/t24-/m1/s1. The second-order valence-corrected chi connectivity index (χ2v) is 8.08. The Hall–Kier alpha value is -2.98. The van der Waals surface area contributed by atoms with Crippen molar-refractivity contribution in [2.45, 2.75) is 31.3 Å². The average molecular weight is 400 g/mol. The summed E-state index contributed by atoms with van der Waals surface area (Å²) in [6, 6.07) is 27.0. The van der Waals surface area contributed by atoms with Crippen LogP contribution >= 0.6 is 0 Å². The maximum Gasteiger partial charge on any atom is 0.223 e. The van der Waals surface area contributed by atoms with E-state index in [-0.39, 0.29) is 17.9 Å². The fourth-order valence-corrected chi connectivity index (χ4v) is 4.31. The summed E-state index contributed by atoms with van der Waals surface area (Å²) in [6.45, 7) is 2.75. The molecule has 0 saturated carbocycles. The first-order chi connectivity index (χ1) is 14.7. The molecule has 3 aromatic rings. The van der Waals surface area contributed by atoms with E-state index in [4.69, 9.17) is 0 Å². The zero-order valence-electron chi connectivity index (χ0n) is 17.5. The van der Waals surface area contributed by atoms with Crippen molar-refractivity contribution < 1.29 is 4.79 Å². The third-order valence-corrected chi connectivity index (χ3v) is 6.08. The third kappa shape index (κ3) is 4.95. The summed E-state index contributed by atoms with van der Waals surface area (Å²) < 4.78 is 0. The van der Waals surface area contributed by atoms with E-state index in [9.17, 15) is 4.79 Å². The molecule has 4 heteroatoms. The molecule has 4 rings (SSSR count). The predicted octanol–water partition coefficient (Wildman–Crippen LogP) is 4.34. The molecule has 0 radical (unpaired) electrons. The second-order valence-electron chi connectivity index (χ2n) is 8.08. The molecule has 1 atom stereocenters. The van der Waals surface area contributed by atoms with Crippen LogP contribution in [0, 0.1) is 0 Å². The van der Waals surface area contributed by atoms with Crippen molar-refractivity contribution >= 4 is 5.91 Å². The lowest BCUT2D eigenvalue weighted by atomic mass is 9.88. The van der Waals surface area contributed by atoms with E-state index in [1.54, 1.807) is 0 Å². The van der Waals surface area contributed by atoms with Gasteiger partial charge in [0.15, 0.2) is 0 Å². The maximum absolute atomic E-state index is 13.2. The van der Waals surface area contributed by atoms with Crippen molar-refractivity contribution in [2.75, 3.05) is 20.1 Å². The predicted molar refractivity (Wildman–Crippen MR) is 120 cm³/mol. The summed E-state index contributed by atoms with van der Waals surface area (Å²) in [4.78, 5) is 22.0. The van der Waals surface area contributed by atoms with Crippen LogP contribution in [0.1, 0.15) is 35.6 Å². The van der Waals surface area contributed by atoms with Gasteiger partial charge in [0.25, 0.3) is 0 Å². The van der Waals surface area contributed by atoms with Gasteiger partial charge in [-0.1, -0.05) is 66.7 Å². The summed E-state index contributed by atoms with van der Waals surface area (Å²) in [7, 11) is 1.96. The molecule has 154 valence electrons. The molecular formula is C26H29N3O. The minimum Gasteiger partial charge on any atom is -0.341 e. The average Bonchev–Trinajstić information content (AvgIpc) is 3.27. The highest BCUT2D eigenvalue weighted by molar-refractivity contribution is 5.78. The molecule has 0 N–H and O–H groups in total. The minimum absolute atomic E-state index is 0.0772. The zero-order valence-corrected chi connectivity index (χ0v) is 17.5. The van der Waals surface area contributed by atoms with Crippen molar-refractivity contribution in [1.29, 1.82) is 0 Å². The number of benzene rings is 2. The third-order valence-electron chi connectivity index (χ3n) is 6.08. The van der Waals surface area contributed by atoms with E-state index in [0.29, 0.717) is 6.42 Å². The summed E-state index contributed by atoms with van der Waals surface area (Å²) in [5.74, 6) is 0.283. The minimum atomic E-state index is 0.0772. The molecule has 1 aromatic heterocycles. The Bertz CT molecular complexity index is 891. The Morgan fingerprint density at radius 3 is 2.23 bits per heavy atom. The normalized spacial score (nSPS) is 16.7. The lowest BCUT2D eigenvalue weighted by molar-refractivity contribution is -0.132. The number of nitrogens with zero attached hydrogens (tertiary/aromatic N) is 3. The van der Waals surface area contributed by atoms with E-state index in [1.807, 2.05) is 66.7 Å². The molecule has 4 nitrogen and oxygen atoms in total. The first-order valence-corrected chi connectivity index (χ1v) is 10.7. The van der Waals surface area contributed by atoms with Gasteiger partial charge in [-0.2, -0.15) is 0 Å². The van der Waals surface area contributed by atoms with Crippen LogP contribution in [0.25, 0.3) is 0 Å². The molecular weight excluding hydrogens is 370 g/mol. The van der Waals surface area contributed by atoms with Gasteiger partial charge in [-0.15, -0.1) is 0 Å². The van der Waals surface area contributed by atoms with E-state index in [2.05, 4.69) is 40.2 Å². The van der Waals surface area contributed by atoms with E-state index in [1.165, 1.54) is 11.1 Å². The van der Waals surface area contributed by atoms with Crippen LogP contribution in [0.5, 0.6) is 0 Å². The Labute approximate surface area is 179 Å². The number of pyridine rings is 1. The molecule has 1 fully saturated rings. The summed E-state index contributed by atoms with van der Waals surface area (Å²) >= 11 is 0. The van der Waals surface area contributed by atoms with Crippen LogP contribution in [0.15, 0.2) is 85.1 Å². The summed E-state index contributed by atoms with van der Waals surface area (Å²) in [5.41, 5.74) is 3.46. The van der Waals surface area contributed by atoms with Crippen molar-refractivity contribution in [3.05, 3.63) is 102 Å². The molecule has 1 aliphatic heterocycles. The van der Waals surface area contributed by atoms with Crippen molar-refractivity contribution in [2.24, 2.45) is 0 Å². The molecule has 1 aliphatic rings. The van der Waals surface area contributed by atoms with Gasteiger partial charge >= 0.3 is 0 Å². The largest absolute Gasteiger partial charge is 0.341 e. The number of carbonyl (C=O) groups is 1. The Morgan fingerprint density at radius 1 is 1.00 bits per heavy atom. The van der Waals surface area contributed by atoms with Gasteiger partial charge in [0.1, 0.15) is 0 Å². The Kier molecular flexibility index (Phi) is 6.55. The monoisotopic (exact) mass is 399 g/mol. The van der Waals surface area contributed by atoms with Gasteiger partial charge in [-0.3, -0.25) is 14.7 Å². The first kappa shape index (κ1) is 20.3.